The normalized spacial score (nSPS) is 18.8. The summed E-state index contributed by atoms with van der Waals surface area (Å²) >= 11 is 0. The molecule has 252 valence electrons. The minimum Gasteiger partial charge on any atom is -0.493 e. The first-order valence-corrected chi connectivity index (χ1v) is 16.9. The SMILES string of the molecule is COc1ccc(CC(=O)N2C3CCC2CC(Cc2ccc(NC(=O)Nc4cc(C(C)(C)C)nn4-c4ccc(C)cc4)cc2)C3)cc1OC. The predicted octanol–water partition coefficient (Wildman–Crippen LogP) is 7.69. The van der Waals surface area contributed by atoms with Gasteiger partial charge in [-0.15, -0.1) is 0 Å². The molecule has 0 saturated carbocycles. The lowest BCUT2D eigenvalue weighted by molar-refractivity contribution is -0.135. The lowest BCUT2D eigenvalue weighted by atomic mass is 9.85. The summed E-state index contributed by atoms with van der Waals surface area (Å²) in [5.74, 6) is 2.64. The molecule has 2 bridgehead atoms. The maximum Gasteiger partial charge on any atom is 0.324 e. The van der Waals surface area contributed by atoms with Crippen LogP contribution in [0.25, 0.3) is 5.69 Å². The average Bonchev–Trinajstić information content (AvgIpc) is 3.60. The fourth-order valence-electron chi connectivity index (χ4n) is 7.18. The molecule has 3 heterocycles. The maximum atomic E-state index is 13.4. The Morgan fingerprint density at radius 3 is 2.10 bits per heavy atom. The smallest absolute Gasteiger partial charge is 0.324 e. The van der Waals surface area contributed by atoms with Gasteiger partial charge in [0.05, 0.1) is 32.0 Å². The maximum absolute atomic E-state index is 13.4. The molecule has 2 N–H and O–H groups in total. The first-order chi connectivity index (χ1) is 23.0. The van der Waals surface area contributed by atoms with Gasteiger partial charge in [0.15, 0.2) is 11.5 Å². The molecule has 2 aliphatic rings. The summed E-state index contributed by atoms with van der Waals surface area (Å²) in [6.07, 6.45) is 5.49. The number of hydrogen-bond acceptors (Lipinski definition) is 5. The van der Waals surface area contributed by atoms with Crippen molar-refractivity contribution in [3.63, 3.8) is 0 Å². The Labute approximate surface area is 283 Å². The first kappa shape index (κ1) is 33.1. The monoisotopic (exact) mass is 649 g/mol. The van der Waals surface area contributed by atoms with Crippen LogP contribution in [0, 0.1) is 12.8 Å². The number of carbonyl (C=O) groups is 2. The molecular weight excluding hydrogens is 602 g/mol. The average molecular weight is 650 g/mol. The van der Waals surface area contributed by atoms with Crippen LogP contribution in [0.3, 0.4) is 0 Å². The van der Waals surface area contributed by atoms with Crippen molar-refractivity contribution in [3.05, 3.63) is 95.2 Å². The highest BCUT2D eigenvalue weighted by molar-refractivity contribution is 5.99. The van der Waals surface area contributed by atoms with Gasteiger partial charge < -0.3 is 19.7 Å². The number of benzene rings is 3. The fraction of sp³-hybridized carbons (Fsp3) is 0.410. The minimum absolute atomic E-state index is 0.170. The fourth-order valence-corrected chi connectivity index (χ4v) is 7.18. The summed E-state index contributed by atoms with van der Waals surface area (Å²) in [5.41, 5.74) is 5.67. The summed E-state index contributed by atoms with van der Waals surface area (Å²) in [4.78, 5) is 28.7. The van der Waals surface area contributed by atoms with Gasteiger partial charge in [0.25, 0.3) is 0 Å². The zero-order chi connectivity index (χ0) is 34.0. The molecule has 6 rings (SSSR count). The quantitative estimate of drug-likeness (QED) is 0.194. The van der Waals surface area contributed by atoms with Crippen LogP contribution in [0.1, 0.15) is 68.8 Å². The van der Waals surface area contributed by atoms with E-state index in [1.807, 2.05) is 67.6 Å². The van der Waals surface area contributed by atoms with Crippen LogP contribution in [-0.4, -0.2) is 52.9 Å². The van der Waals surface area contributed by atoms with E-state index in [9.17, 15) is 9.59 Å². The molecule has 2 aliphatic heterocycles. The molecule has 2 fully saturated rings. The molecule has 4 aromatic rings. The van der Waals surface area contributed by atoms with Crippen LogP contribution in [-0.2, 0) is 23.1 Å². The van der Waals surface area contributed by atoms with Crippen LogP contribution in [0.15, 0.2) is 72.8 Å². The number of rotatable bonds is 9. The Hall–Kier alpha value is -4.79. The van der Waals surface area contributed by atoms with Crippen molar-refractivity contribution >= 4 is 23.4 Å². The number of piperidine rings is 1. The number of aryl methyl sites for hydroxylation is 1. The Kier molecular flexibility index (Phi) is 9.49. The van der Waals surface area contributed by atoms with Gasteiger partial charge in [0.1, 0.15) is 5.82 Å². The number of carbonyl (C=O) groups excluding carboxylic acids is 2. The van der Waals surface area contributed by atoms with E-state index in [2.05, 4.69) is 48.4 Å². The molecule has 0 aliphatic carbocycles. The van der Waals surface area contributed by atoms with E-state index in [4.69, 9.17) is 14.6 Å². The summed E-state index contributed by atoms with van der Waals surface area (Å²) in [6.45, 7) is 8.37. The van der Waals surface area contributed by atoms with Crippen molar-refractivity contribution in [1.29, 1.82) is 0 Å². The first-order valence-electron chi connectivity index (χ1n) is 16.9. The molecule has 48 heavy (non-hydrogen) atoms. The van der Waals surface area contributed by atoms with E-state index in [-0.39, 0.29) is 29.4 Å². The van der Waals surface area contributed by atoms with E-state index in [1.165, 1.54) is 5.56 Å². The van der Waals surface area contributed by atoms with E-state index in [0.29, 0.717) is 29.7 Å². The van der Waals surface area contributed by atoms with Gasteiger partial charge in [0, 0.05) is 29.3 Å². The molecular formula is C39H47N5O4. The molecule has 3 amide bonds. The van der Waals surface area contributed by atoms with Crippen LogP contribution < -0.4 is 20.1 Å². The molecule has 0 spiro atoms. The number of anilines is 2. The van der Waals surface area contributed by atoms with Crippen molar-refractivity contribution < 1.29 is 19.1 Å². The number of hydrogen-bond donors (Lipinski definition) is 2. The lowest BCUT2D eigenvalue weighted by Crippen LogP contribution is -2.47. The Bertz CT molecular complexity index is 1740. The number of urea groups is 1. The number of amides is 3. The van der Waals surface area contributed by atoms with Crippen LogP contribution in [0.2, 0.25) is 0 Å². The molecule has 9 nitrogen and oxygen atoms in total. The van der Waals surface area contributed by atoms with Crippen LogP contribution in [0.4, 0.5) is 16.3 Å². The number of aromatic nitrogens is 2. The Morgan fingerprint density at radius 1 is 0.833 bits per heavy atom. The molecule has 3 aromatic carbocycles. The molecule has 2 atom stereocenters. The molecule has 0 radical (unpaired) electrons. The topological polar surface area (TPSA) is 97.7 Å². The van der Waals surface area contributed by atoms with Crippen molar-refractivity contribution in [3.8, 4) is 17.2 Å². The minimum atomic E-state index is -0.321. The highest BCUT2D eigenvalue weighted by Gasteiger charge is 2.42. The zero-order valence-electron chi connectivity index (χ0n) is 28.9. The Morgan fingerprint density at radius 2 is 1.48 bits per heavy atom. The van der Waals surface area contributed by atoms with Gasteiger partial charge in [0.2, 0.25) is 5.91 Å². The van der Waals surface area contributed by atoms with Crippen LogP contribution in [0.5, 0.6) is 11.5 Å². The standard InChI is InChI=1S/C39H47N5O4/c1-25-7-14-30(15-8-25)44-36(24-35(42-44)39(2,3)4)41-38(46)40-29-12-9-26(10-13-29)19-28-20-31-16-17-32(21-28)43(31)37(45)23-27-11-18-33(47-5)34(22-27)48-6/h7-15,18,22,24,28,31-32H,16-17,19-21,23H2,1-6H3,(H2,40,41,46). The number of nitrogens with zero attached hydrogens (tertiary/aromatic N) is 3. The highest BCUT2D eigenvalue weighted by atomic mass is 16.5. The number of ether oxygens (including phenoxy) is 2. The van der Waals surface area contributed by atoms with Gasteiger partial charge in [-0.1, -0.05) is 56.7 Å². The highest BCUT2D eigenvalue weighted by Crippen LogP contribution is 2.40. The van der Waals surface area contributed by atoms with Crippen molar-refractivity contribution in [1.82, 2.24) is 14.7 Å². The van der Waals surface area contributed by atoms with Gasteiger partial charge in [-0.3, -0.25) is 10.1 Å². The third-order valence-corrected chi connectivity index (χ3v) is 9.66. The summed E-state index contributed by atoms with van der Waals surface area (Å²) in [6, 6.07) is 24.1. The van der Waals surface area contributed by atoms with Gasteiger partial charge in [-0.05, 0) is 92.5 Å². The lowest BCUT2D eigenvalue weighted by Gasteiger charge is -2.39. The number of nitrogens with one attached hydrogen (secondary N) is 2. The molecule has 2 saturated heterocycles. The number of methoxy groups -OCH3 is 2. The second kappa shape index (κ2) is 13.7. The molecule has 2 unspecified atom stereocenters. The van der Waals surface area contributed by atoms with E-state index < -0.39 is 0 Å². The zero-order valence-corrected chi connectivity index (χ0v) is 28.9. The van der Waals surface area contributed by atoms with Crippen LogP contribution >= 0.6 is 0 Å². The van der Waals surface area contributed by atoms with Crippen molar-refractivity contribution in [2.75, 3.05) is 24.9 Å². The predicted molar refractivity (Wildman–Crippen MR) is 189 cm³/mol. The van der Waals surface area contributed by atoms with Gasteiger partial charge in [-0.2, -0.15) is 5.10 Å². The third kappa shape index (κ3) is 7.35. The summed E-state index contributed by atoms with van der Waals surface area (Å²) in [7, 11) is 3.23. The van der Waals surface area contributed by atoms with Crippen molar-refractivity contribution in [2.24, 2.45) is 5.92 Å². The summed E-state index contributed by atoms with van der Waals surface area (Å²) < 4.78 is 12.6. The van der Waals surface area contributed by atoms with Crippen molar-refractivity contribution in [2.45, 2.75) is 83.7 Å². The summed E-state index contributed by atoms with van der Waals surface area (Å²) in [5, 5.41) is 10.8. The molecule has 9 heteroatoms. The van der Waals surface area contributed by atoms with E-state index >= 15 is 0 Å². The van der Waals surface area contributed by atoms with Gasteiger partial charge in [-0.25, -0.2) is 9.48 Å². The van der Waals surface area contributed by atoms with E-state index in [1.54, 1.807) is 18.9 Å². The number of fused-ring (bicyclic) bond motifs is 2. The second-order valence-electron chi connectivity index (χ2n) is 14.3. The molecule has 1 aromatic heterocycles. The Balaban J connectivity index is 1.04. The van der Waals surface area contributed by atoms with Gasteiger partial charge >= 0.3 is 6.03 Å². The third-order valence-electron chi connectivity index (χ3n) is 9.66. The largest absolute Gasteiger partial charge is 0.493 e. The second-order valence-corrected chi connectivity index (χ2v) is 14.3. The van der Waals surface area contributed by atoms with E-state index in [0.717, 1.165) is 60.3 Å².